The van der Waals surface area contributed by atoms with Gasteiger partial charge < -0.3 is 4.74 Å². The summed E-state index contributed by atoms with van der Waals surface area (Å²) in [6.07, 6.45) is 5.46. The summed E-state index contributed by atoms with van der Waals surface area (Å²) in [7, 11) is 0. The molecule has 60 valence electrons. The van der Waals surface area contributed by atoms with Crippen LogP contribution in [-0.2, 0) is 4.74 Å². The average molecular weight is 142 g/mol. The zero-order chi connectivity index (χ0) is 7.45. The molecule has 1 nitrogen and oxygen atoms in total. The Bertz CT molecular complexity index is 94.9. The second-order valence-electron chi connectivity index (χ2n) is 3.76. The highest BCUT2D eigenvalue weighted by atomic mass is 16.5. The third kappa shape index (κ3) is 1.98. The molecule has 10 heavy (non-hydrogen) atoms. The van der Waals surface area contributed by atoms with Gasteiger partial charge in [-0.05, 0) is 6.42 Å². The molecule has 1 heteroatoms. The van der Waals surface area contributed by atoms with Crippen molar-refractivity contribution in [2.75, 3.05) is 13.2 Å². The van der Waals surface area contributed by atoms with Crippen LogP contribution < -0.4 is 0 Å². The van der Waals surface area contributed by atoms with E-state index in [4.69, 9.17) is 4.74 Å². The van der Waals surface area contributed by atoms with Crippen molar-refractivity contribution in [3.8, 4) is 0 Å². The maximum atomic E-state index is 5.17. The van der Waals surface area contributed by atoms with E-state index >= 15 is 0 Å². The second-order valence-corrected chi connectivity index (χ2v) is 3.76. The van der Waals surface area contributed by atoms with E-state index in [2.05, 4.69) is 13.8 Å². The van der Waals surface area contributed by atoms with E-state index in [1.807, 2.05) is 0 Å². The van der Waals surface area contributed by atoms with Gasteiger partial charge in [-0.25, -0.2) is 0 Å². The van der Waals surface area contributed by atoms with Gasteiger partial charge in [0.05, 0.1) is 13.2 Å². The van der Waals surface area contributed by atoms with Gasteiger partial charge in [0, 0.05) is 5.41 Å². The zero-order valence-electron chi connectivity index (χ0n) is 7.15. The fourth-order valence-corrected chi connectivity index (χ4v) is 1.40. The Hall–Kier alpha value is -0.0400. The summed E-state index contributed by atoms with van der Waals surface area (Å²) < 4.78 is 5.17. The normalized spacial score (nSPS) is 22.2. The molecule has 0 aromatic carbocycles. The Balaban J connectivity index is 2.01. The Morgan fingerprint density at radius 2 is 2.00 bits per heavy atom. The first-order chi connectivity index (χ1) is 4.77. The highest BCUT2D eigenvalue weighted by Crippen LogP contribution is 2.32. The molecular formula is C9H18O. The number of unbranched alkanes of at least 4 members (excludes halogenated alkanes) is 2. The van der Waals surface area contributed by atoms with Gasteiger partial charge in [0.25, 0.3) is 0 Å². The smallest absolute Gasteiger partial charge is 0.0542 e. The highest BCUT2D eigenvalue weighted by Gasteiger charge is 2.32. The molecule has 1 aliphatic heterocycles. The Labute approximate surface area is 63.8 Å². The van der Waals surface area contributed by atoms with Crippen LogP contribution in [0.1, 0.15) is 39.5 Å². The first-order valence-corrected chi connectivity index (χ1v) is 4.35. The highest BCUT2D eigenvalue weighted by molar-refractivity contribution is 4.79. The molecule has 0 radical (unpaired) electrons. The van der Waals surface area contributed by atoms with E-state index in [9.17, 15) is 0 Å². The Morgan fingerprint density at radius 1 is 1.30 bits per heavy atom. The average Bonchev–Trinajstić information content (AvgIpc) is 1.85. The van der Waals surface area contributed by atoms with Crippen LogP contribution in [-0.4, -0.2) is 13.2 Å². The zero-order valence-corrected chi connectivity index (χ0v) is 7.15. The fraction of sp³-hybridized carbons (Fsp3) is 1.00. The SMILES string of the molecule is CCCCCC1(C)COC1. The number of rotatable bonds is 4. The van der Waals surface area contributed by atoms with Crippen LogP contribution in [0, 0.1) is 5.41 Å². The lowest BCUT2D eigenvalue weighted by Gasteiger charge is -2.38. The maximum absolute atomic E-state index is 5.17. The summed E-state index contributed by atoms with van der Waals surface area (Å²) in [5.74, 6) is 0. The molecule has 0 unspecified atom stereocenters. The molecule has 1 heterocycles. The molecule has 1 saturated heterocycles. The minimum Gasteiger partial charge on any atom is -0.380 e. The largest absolute Gasteiger partial charge is 0.380 e. The maximum Gasteiger partial charge on any atom is 0.0542 e. The minimum absolute atomic E-state index is 0.551. The van der Waals surface area contributed by atoms with Gasteiger partial charge in [0.2, 0.25) is 0 Å². The monoisotopic (exact) mass is 142 g/mol. The summed E-state index contributed by atoms with van der Waals surface area (Å²) >= 11 is 0. The van der Waals surface area contributed by atoms with Gasteiger partial charge in [-0.1, -0.05) is 33.1 Å². The van der Waals surface area contributed by atoms with Gasteiger partial charge in [-0.2, -0.15) is 0 Å². The Kier molecular flexibility index (Phi) is 2.72. The third-order valence-corrected chi connectivity index (χ3v) is 2.28. The molecule has 1 fully saturated rings. The lowest BCUT2D eigenvalue weighted by Crippen LogP contribution is -2.39. The van der Waals surface area contributed by atoms with Gasteiger partial charge in [0.15, 0.2) is 0 Å². The van der Waals surface area contributed by atoms with E-state index in [0.717, 1.165) is 13.2 Å². The van der Waals surface area contributed by atoms with Gasteiger partial charge in [-0.15, -0.1) is 0 Å². The van der Waals surface area contributed by atoms with Crippen molar-refractivity contribution in [2.24, 2.45) is 5.41 Å². The summed E-state index contributed by atoms with van der Waals surface area (Å²) in [6, 6.07) is 0. The van der Waals surface area contributed by atoms with Crippen molar-refractivity contribution in [3.63, 3.8) is 0 Å². The van der Waals surface area contributed by atoms with Crippen LogP contribution in [0.2, 0.25) is 0 Å². The summed E-state index contributed by atoms with van der Waals surface area (Å²) in [4.78, 5) is 0. The molecule has 0 amide bonds. The molecule has 0 saturated carbocycles. The summed E-state index contributed by atoms with van der Waals surface area (Å²) in [6.45, 7) is 6.57. The van der Waals surface area contributed by atoms with E-state index in [-0.39, 0.29) is 0 Å². The van der Waals surface area contributed by atoms with Crippen molar-refractivity contribution in [2.45, 2.75) is 39.5 Å². The van der Waals surface area contributed by atoms with Crippen molar-refractivity contribution < 1.29 is 4.74 Å². The van der Waals surface area contributed by atoms with Crippen LogP contribution in [0.3, 0.4) is 0 Å². The van der Waals surface area contributed by atoms with E-state index < -0.39 is 0 Å². The predicted molar refractivity (Wildman–Crippen MR) is 43.1 cm³/mol. The van der Waals surface area contributed by atoms with E-state index in [1.165, 1.54) is 25.7 Å². The fourth-order valence-electron chi connectivity index (χ4n) is 1.40. The van der Waals surface area contributed by atoms with Crippen molar-refractivity contribution in [3.05, 3.63) is 0 Å². The summed E-state index contributed by atoms with van der Waals surface area (Å²) in [5.41, 5.74) is 0.551. The van der Waals surface area contributed by atoms with E-state index in [1.54, 1.807) is 0 Å². The Morgan fingerprint density at radius 3 is 2.40 bits per heavy atom. The molecular weight excluding hydrogens is 124 g/mol. The van der Waals surface area contributed by atoms with Crippen LogP contribution >= 0.6 is 0 Å². The molecule has 0 aromatic heterocycles. The lowest BCUT2D eigenvalue weighted by molar-refractivity contribution is -0.106. The molecule has 0 aliphatic carbocycles. The van der Waals surface area contributed by atoms with Crippen LogP contribution in [0.4, 0.5) is 0 Å². The molecule has 0 N–H and O–H groups in total. The molecule has 0 spiro atoms. The first kappa shape index (κ1) is 8.06. The number of hydrogen-bond acceptors (Lipinski definition) is 1. The van der Waals surface area contributed by atoms with Crippen LogP contribution in [0.5, 0.6) is 0 Å². The first-order valence-electron chi connectivity index (χ1n) is 4.35. The van der Waals surface area contributed by atoms with Crippen molar-refractivity contribution in [1.82, 2.24) is 0 Å². The van der Waals surface area contributed by atoms with Crippen molar-refractivity contribution >= 4 is 0 Å². The topological polar surface area (TPSA) is 9.23 Å². The van der Waals surface area contributed by atoms with Crippen LogP contribution in [0.15, 0.2) is 0 Å². The number of ether oxygens (including phenoxy) is 1. The minimum atomic E-state index is 0.551. The molecule has 0 bridgehead atoms. The molecule has 1 rings (SSSR count). The lowest BCUT2D eigenvalue weighted by atomic mass is 9.83. The van der Waals surface area contributed by atoms with Gasteiger partial charge >= 0.3 is 0 Å². The standard InChI is InChI=1S/C9H18O/c1-3-4-5-6-9(2)7-10-8-9/h3-8H2,1-2H3. The van der Waals surface area contributed by atoms with E-state index in [0.29, 0.717) is 5.41 Å². The van der Waals surface area contributed by atoms with Crippen LogP contribution in [0.25, 0.3) is 0 Å². The molecule has 1 aliphatic rings. The van der Waals surface area contributed by atoms with Crippen molar-refractivity contribution in [1.29, 1.82) is 0 Å². The number of hydrogen-bond donors (Lipinski definition) is 0. The third-order valence-electron chi connectivity index (χ3n) is 2.28. The predicted octanol–water partition coefficient (Wildman–Crippen LogP) is 2.60. The molecule has 0 atom stereocenters. The second kappa shape index (κ2) is 3.38. The van der Waals surface area contributed by atoms with Gasteiger partial charge in [-0.3, -0.25) is 0 Å². The summed E-state index contributed by atoms with van der Waals surface area (Å²) in [5, 5.41) is 0. The van der Waals surface area contributed by atoms with Gasteiger partial charge in [0.1, 0.15) is 0 Å². The molecule has 0 aromatic rings. The quantitative estimate of drug-likeness (QED) is 0.548.